The smallest absolute Gasteiger partial charge is 0.126 e. The zero-order chi connectivity index (χ0) is 11.4. The number of halogens is 1. The maximum absolute atomic E-state index is 13.4. The van der Waals surface area contributed by atoms with E-state index < -0.39 is 6.17 Å². The monoisotopic (exact) mass is 223 g/mol. The van der Waals surface area contributed by atoms with Crippen LogP contribution in [-0.2, 0) is 0 Å². The van der Waals surface area contributed by atoms with Gasteiger partial charge in [-0.15, -0.1) is 0 Å². The summed E-state index contributed by atoms with van der Waals surface area (Å²) in [7, 11) is 0. The van der Waals surface area contributed by atoms with Gasteiger partial charge in [0.2, 0.25) is 0 Å². The Kier molecular flexibility index (Phi) is 3.78. The van der Waals surface area contributed by atoms with Crippen LogP contribution in [0.25, 0.3) is 0 Å². The lowest BCUT2D eigenvalue weighted by Crippen LogP contribution is -2.37. The van der Waals surface area contributed by atoms with Crippen LogP contribution in [0.15, 0.2) is 24.3 Å². The highest BCUT2D eigenvalue weighted by Crippen LogP contribution is 2.28. The second kappa shape index (κ2) is 5.30. The second-order valence-corrected chi connectivity index (χ2v) is 4.24. The van der Waals surface area contributed by atoms with Gasteiger partial charge in [0.15, 0.2) is 0 Å². The SMILES string of the molecule is CC(F)c1ccccc1OC1CCCNC1. The minimum absolute atomic E-state index is 0.175. The third kappa shape index (κ3) is 2.73. The number of hydrogen-bond donors (Lipinski definition) is 1. The summed E-state index contributed by atoms with van der Waals surface area (Å²) in [5.74, 6) is 0.686. The number of nitrogens with one attached hydrogen (secondary N) is 1. The molecule has 0 spiro atoms. The van der Waals surface area contributed by atoms with Gasteiger partial charge in [-0.05, 0) is 32.4 Å². The Morgan fingerprint density at radius 1 is 1.44 bits per heavy atom. The standard InChI is InChI=1S/C13H18FNO/c1-10(14)12-6-2-3-7-13(12)16-11-5-4-8-15-9-11/h2-3,6-7,10-11,15H,4-5,8-9H2,1H3. The first-order chi connectivity index (χ1) is 7.77. The molecule has 1 aromatic rings. The van der Waals surface area contributed by atoms with E-state index in [0.29, 0.717) is 11.3 Å². The molecule has 2 nitrogen and oxygen atoms in total. The molecule has 0 aliphatic carbocycles. The average molecular weight is 223 g/mol. The van der Waals surface area contributed by atoms with Crippen molar-refractivity contribution in [2.45, 2.75) is 32.0 Å². The lowest BCUT2D eigenvalue weighted by atomic mass is 10.1. The molecule has 16 heavy (non-hydrogen) atoms. The summed E-state index contributed by atoms with van der Waals surface area (Å²) in [4.78, 5) is 0. The summed E-state index contributed by atoms with van der Waals surface area (Å²) in [6.45, 7) is 3.46. The van der Waals surface area contributed by atoms with Crippen molar-refractivity contribution in [2.24, 2.45) is 0 Å². The Balaban J connectivity index is 2.07. The third-order valence-electron chi connectivity index (χ3n) is 2.89. The molecular weight excluding hydrogens is 205 g/mol. The van der Waals surface area contributed by atoms with E-state index in [1.807, 2.05) is 18.2 Å². The van der Waals surface area contributed by atoms with Crippen LogP contribution >= 0.6 is 0 Å². The van der Waals surface area contributed by atoms with Gasteiger partial charge >= 0.3 is 0 Å². The molecular formula is C13H18FNO. The highest BCUT2D eigenvalue weighted by atomic mass is 19.1. The fraction of sp³-hybridized carbons (Fsp3) is 0.538. The van der Waals surface area contributed by atoms with Crippen molar-refractivity contribution in [3.8, 4) is 5.75 Å². The van der Waals surface area contributed by atoms with E-state index in [4.69, 9.17) is 4.74 Å². The molecule has 0 bridgehead atoms. The molecule has 1 fully saturated rings. The molecule has 1 aromatic carbocycles. The normalized spacial score (nSPS) is 22.8. The molecule has 2 atom stereocenters. The third-order valence-corrected chi connectivity index (χ3v) is 2.89. The summed E-state index contributed by atoms with van der Waals surface area (Å²) in [6, 6.07) is 7.37. The van der Waals surface area contributed by atoms with Crippen molar-refractivity contribution in [2.75, 3.05) is 13.1 Å². The first-order valence-electron chi connectivity index (χ1n) is 5.88. The molecule has 1 saturated heterocycles. The van der Waals surface area contributed by atoms with Gasteiger partial charge in [-0.2, -0.15) is 0 Å². The maximum atomic E-state index is 13.4. The number of para-hydroxylation sites is 1. The average Bonchev–Trinajstić information content (AvgIpc) is 2.31. The molecule has 1 aliphatic rings. The number of rotatable bonds is 3. The summed E-state index contributed by atoms with van der Waals surface area (Å²) < 4.78 is 19.2. The molecule has 0 amide bonds. The summed E-state index contributed by atoms with van der Waals surface area (Å²) in [5, 5.41) is 3.29. The fourth-order valence-corrected chi connectivity index (χ4v) is 2.02. The van der Waals surface area contributed by atoms with Gasteiger partial charge in [-0.1, -0.05) is 18.2 Å². The number of hydrogen-bond acceptors (Lipinski definition) is 2. The number of ether oxygens (including phenoxy) is 1. The Bertz CT molecular complexity index is 334. The van der Waals surface area contributed by atoms with E-state index in [1.54, 1.807) is 13.0 Å². The lowest BCUT2D eigenvalue weighted by molar-refractivity contribution is 0.162. The molecule has 2 unspecified atom stereocenters. The second-order valence-electron chi connectivity index (χ2n) is 4.24. The van der Waals surface area contributed by atoms with Crippen molar-refractivity contribution in [1.29, 1.82) is 0 Å². The van der Waals surface area contributed by atoms with Gasteiger partial charge in [-0.25, -0.2) is 4.39 Å². The lowest BCUT2D eigenvalue weighted by Gasteiger charge is -2.25. The summed E-state index contributed by atoms with van der Waals surface area (Å²) >= 11 is 0. The molecule has 1 aliphatic heterocycles. The van der Waals surface area contributed by atoms with E-state index >= 15 is 0 Å². The van der Waals surface area contributed by atoms with Crippen molar-refractivity contribution in [1.82, 2.24) is 5.32 Å². The van der Waals surface area contributed by atoms with Crippen LogP contribution in [-0.4, -0.2) is 19.2 Å². The summed E-state index contributed by atoms with van der Waals surface area (Å²) in [6.07, 6.45) is 1.36. The number of alkyl halides is 1. The Morgan fingerprint density at radius 2 is 2.25 bits per heavy atom. The minimum Gasteiger partial charge on any atom is -0.489 e. The van der Waals surface area contributed by atoms with Crippen molar-refractivity contribution >= 4 is 0 Å². The van der Waals surface area contributed by atoms with Crippen LogP contribution in [0.3, 0.4) is 0 Å². The summed E-state index contributed by atoms with van der Waals surface area (Å²) in [5.41, 5.74) is 0.646. The van der Waals surface area contributed by atoms with Crippen LogP contribution in [0, 0.1) is 0 Å². The molecule has 0 radical (unpaired) electrons. The van der Waals surface area contributed by atoms with Crippen LogP contribution in [0.2, 0.25) is 0 Å². The molecule has 88 valence electrons. The minimum atomic E-state index is -0.979. The van der Waals surface area contributed by atoms with E-state index in [0.717, 1.165) is 25.9 Å². The topological polar surface area (TPSA) is 21.3 Å². The van der Waals surface area contributed by atoms with Gasteiger partial charge in [0.1, 0.15) is 18.0 Å². The van der Waals surface area contributed by atoms with Gasteiger partial charge in [0, 0.05) is 12.1 Å². The van der Waals surface area contributed by atoms with Crippen molar-refractivity contribution < 1.29 is 9.13 Å². The number of benzene rings is 1. The van der Waals surface area contributed by atoms with E-state index in [2.05, 4.69) is 5.32 Å². The van der Waals surface area contributed by atoms with Crippen LogP contribution in [0.1, 0.15) is 31.5 Å². The van der Waals surface area contributed by atoms with Gasteiger partial charge in [0.05, 0.1) is 0 Å². The van der Waals surface area contributed by atoms with Crippen molar-refractivity contribution in [3.63, 3.8) is 0 Å². The molecule has 1 N–H and O–H groups in total. The highest BCUT2D eigenvalue weighted by molar-refractivity contribution is 5.35. The first kappa shape index (κ1) is 11.4. The van der Waals surface area contributed by atoms with Crippen LogP contribution in [0.5, 0.6) is 5.75 Å². The first-order valence-corrected chi connectivity index (χ1v) is 5.88. The fourth-order valence-electron chi connectivity index (χ4n) is 2.02. The van der Waals surface area contributed by atoms with E-state index in [1.165, 1.54) is 0 Å². The molecule has 3 heteroatoms. The quantitative estimate of drug-likeness (QED) is 0.850. The molecule has 0 saturated carbocycles. The van der Waals surface area contributed by atoms with Crippen LogP contribution in [0.4, 0.5) is 4.39 Å². The van der Waals surface area contributed by atoms with Crippen LogP contribution < -0.4 is 10.1 Å². The molecule has 2 rings (SSSR count). The largest absolute Gasteiger partial charge is 0.489 e. The zero-order valence-corrected chi connectivity index (χ0v) is 9.58. The Labute approximate surface area is 95.8 Å². The van der Waals surface area contributed by atoms with Gasteiger partial charge in [0.25, 0.3) is 0 Å². The maximum Gasteiger partial charge on any atom is 0.126 e. The molecule has 1 heterocycles. The van der Waals surface area contributed by atoms with Gasteiger partial charge in [-0.3, -0.25) is 0 Å². The van der Waals surface area contributed by atoms with Gasteiger partial charge < -0.3 is 10.1 Å². The predicted octanol–water partition coefficient (Wildman–Crippen LogP) is 2.85. The van der Waals surface area contributed by atoms with E-state index in [-0.39, 0.29) is 6.10 Å². The number of piperidine rings is 1. The Morgan fingerprint density at radius 3 is 2.94 bits per heavy atom. The zero-order valence-electron chi connectivity index (χ0n) is 9.58. The van der Waals surface area contributed by atoms with E-state index in [9.17, 15) is 4.39 Å². The predicted molar refractivity (Wildman–Crippen MR) is 62.5 cm³/mol. The molecule has 0 aromatic heterocycles. The Hall–Kier alpha value is -1.09. The van der Waals surface area contributed by atoms with Crippen molar-refractivity contribution in [3.05, 3.63) is 29.8 Å². The highest BCUT2D eigenvalue weighted by Gasteiger charge is 2.17.